The molecule has 2 heterocycles. The molecule has 0 bridgehead atoms. The lowest BCUT2D eigenvalue weighted by Crippen LogP contribution is -2.58. The van der Waals surface area contributed by atoms with Crippen LogP contribution in [0.5, 0.6) is 11.5 Å². The minimum atomic E-state index is -0.671. The van der Waals surface area contributed by atoms with E-state index in [2.05, 4.69) is 0 Å². The van der Waals surface area contributed by atoms with E-state index in [0.717, 1.165) is 5.56 Å². The van der Waals surface area contributed by atoms with Crippen molar-refractivity contribution in [3.63, 3.8) is 0 Å². The number of likely N-dealkylation sites (tertiary alicyclic amines) is 1. The maximum absolute atomic E-state index is 11.8. The topological polar surface area (TPSA) is 74.3 Å². The fourth-order valence-corrected chi connectivity index (χ4v) is 2.72. The highest BCUT2D eigenvalue weighted by molar-refractivity contribution is 5.83. The summed E-state index contributed by atoms with van der Waals surface area (Å²) in [4.78, 5) is 24.6. The highest BCUT2D eigenvalue weighted by Crippen LogP contribution is 2.32. The van der Waals surface area contributed by atoms with E-state index in [1.807, 2.05) is 12.1 Å². The molecule has 2 fully saturated rings. The summed E-state index contributed by atoms with van der Waals surface area (Å²) in [5, 5.41) is 0. The van der Waals surface area contributed by atoms with E-state index in [1.165, 1.54) is 0 Å². The van der Waals surface area contributed by atoms with Gasteiger partial charge in [0.2, 0.25) is 5.91 Å². The third-order valence-corrected chi connectivity index (χ3v) is 3.95. The smallest absolute Gasteiger partial charge is 0.493 e. The Morgan fingerprint density at radius 3 is 2.59 bits per heavy atom. The molecule has 0 spiro atoms. The van der Waals surface area contributed by atoms with Gasteiger partial charge in [0.05, 0.1) is 26.7 Å². The number of β-lactam (4-membered cyclic amide) rings is 1. The number of cyclic esters (lactones) is 2. The summed E-state index contributed by atoms with van der Waals surface area (Å²) in [6.07, 6.45) is -0.685. The lowest BCUT2D eigenvalue weighted by atomic mass is 9.95. The van der Waals surface area contributed by atoms with E-state index in [1.54, 1.807) is 25.2 Å². The van der Waals surface area contributed by atoms with Crippen LogP contribution in [0.3, 0.4) is 0 Å². The largest absolute Gasteiger partial charge is 0.508 e. The Kier molecular flexibility index (Phi) is 3.79. The Morgan fingerprint density at radius 1 is 1.23 bits per heavy atom. The number of carbonyl (C=O) groups excluding carboxylic acids is 2. The zero-order valence-electron chi connectivity index (χ0n) is 12.4. The second kappa shape index (κ2) is 5.75. The quantitative estimate of drug-likeness (QED) is 0.604. The second-order valence-electron chi connectivity index (χ2n) is 5.20. The molecule has 1 aromatic carbocycles. The molecule has 1 aromatic rings. The van der Waals surface area contributed by atoms with Crippen molar-refractivity contribution in [1.82, 2.24) is 4.90 Å². The maximum atomic E-state index is 11.8. The average molecular weight is 307 g/mol. The van der Waals surface area contributed by atoms with Crippen LogP contribution in [-0.2, 0) is 20.8 Å². The molecule has 7 heteroatoms. The number of amides is 1. The predicted octanol–water partition coefficient (Wildman–Crippen LogP) is 1.34. The molecule has 0 aliphatic carbocycles. The standard InChI is InChI=1S/C15H17NO6/c1-19-11-4-3-9(5-12(11)20-2)7-16-10(6-14(16)17)13-8-21-15(18)22-13/h3-5,10,13H,6-8H2,1-2H3/t10-,13?/m0/s1. The Hall–Kier alpha value is -2.44. The average Bonchev–Trinajstić information content (AvgIpc) is 2.95. The Bertz CT molecular complexity index is 602. The van der Waals surface area contributed by atoms with Gasteiger partial charge in [-0.15, -0.1) is 0 Å². The van der Waals surface area contributed by atoms with Crippen molar-refractivity contribution in [2.24, 2.45) is 0 Å². The molecular formula is C15H17NO6. The summed E-state index contributed by atoms with van der Waals surface area (Å²) in [7, 11) is 3.13. The van der Waals surface area contributed by atoms with Crippen LogP contribution >= 0.6 is 0 Å². The van der Waals surface area contributed by atoms with Crippen molar-refractivity contribution in [3.8, 4) is 11.5 Å². The van der Waals surface area contributed by atoms with Gasteiger partial charge in [-0.1, -0.05) is 6.07 Å². The van der Waals surface area contributed by atoms with E-state index in [4.69, 9.17) is 18.9 Å². The summed E-state index contributed by atoms with van der Waals surface area (Å²) >= 11 is 0. The molecule has 0 saturated carbocycles. The summed E-state index contributed by atoms with van der Waals surface area (Å²) in [5.74, 6) is 1.28. The van der Waals surface area contributed by atoms with Crippen LogP contribution in [0.4, 0.5) is 4.79 Å². The molecule has 22 heavy (non-hydrogen) atoms. The maximum Gasteiger partial charge on any atom is 0.508 e. The van der Waals surface area contributed by atoms with Gasteiger partial charge in [-0.2, -0.15) is 0 Å². The molecule has 3 rings (SSSR count). The van der Waals surface area contributed by atoms with Crippen LogP contribution < -0.4 is 9.47 Å². The minimum absolute atomic E-state index is 0.0303. The van der Waals surface area contributed by atoms with Crippen LogP contribution in [0.25, 0.3) is 0 Å². The van der Waals surface area contributed by atoms with Gasteiger partial charge in [0, 0.05) is 6.54 Å². The first-order valence-electron chi connectivity index (χ1n) is 6.96. The Balaban J connectivity index is 1.71. The van der Waals surface area contributed by atoms with Gasteiger partial charge in [-0.05, 0) is 17.7 Å². The summed E-state index contributed by atoms with van der Waals surface area (Å²) in [6.45, 7) is 0.622. The first-order valence-corrected chi connectivity index (χ1v) is 6.96. The lowest BCUT2D eigenvalue weighted by Gasteiger charge is -2.42. The molecule has 2 aliphatic rings. The molecule has 7 nitrogen and oxygen atoms in total. The van der Waals surface area contributed by atoms with Crippen molar-refractivity contribution in [2.75, 3.05) is 20.8 Å². The number of ether oxygens (including phenoxy) is 4. The molecule has 2 atom stereocenters. The number of nitrogens with zero attached hydrogens (tertiary/aromatic N) is 1. The second-order valence-corrected chi connectivity index (χ2v) is 5.20. The third kappa shape index (κ3) is 2.54. The predicted molar refractivity (Wildman–Crippen MR) is 74.7 cm³/mol. The molecule has 1 unspecified atom stereocenters. The first kappa shape index (κ1) is 14.5. The molecule has 1 amide bonds. The summed E-state index contributed by atoms with van der Waals surface area (Å²) in [5.41, 5.74) is 0.918. The van der Waals surface area contributed by atoms with Gasteiger partial charge >= 0.3 is 6.16 Å². The van der Waals surface area contributed by atoms with E-state index < -0.39 is 6.16 Å². The van der Waals surface area contributed by atoms with Gasteiger partial charge < -0.3 is 23.8 Å². The van der Waals surface area contributed by atoms with E-state index in [0.29, 0.717) is 24.5 Å². The lowest BCUT2D eigenvalue weighted by molar-refractivity contribution is -0.152. The van der Waals surface area contributed by atoms with Crippen LogP contribution in [0.1, 0.15) is 12.0 Å². The van der Waals surface area contributed by atoms with Crippen molar-refractivity contribution >= 4 is 12.1 Å². The fourth-order valence-electron chi connectivity index (χ4n) is 2.72. The Labute approximate surface area is 127 Å². The number of methoxy groups -OCH3 is 2. The van der Waals surface area contributed by atoms with Crippen molar-refractivity contribution in [2.45, 2.75) is 25.1 Å². The summed E-state index contributed by atoms with van der Waals surface area (Å²) in [6, 6.07) is 5.37. The van der Waals surface area contributed by atoms with Crippen LogP contribution in [-0.4, -0.2) is 49.9 Å². The molecule has 2 aliphatic heterocycles. The van der Waals surface area contributed by atoms with Gasteiger partial charge in [-0.3, -0.25) is 4.79 Å². The Morgan fingerprint density at radius 2 is 2.00 bits per heavy atom. The minimum Gasteiger partial charge on any atom is -0.493 e. The molecule has 0 radical (unpaired) electrons. The van der Waals surface area contributed by atoms with Crippen molar-refractivity contribution < 1.29 is 28.5 Å². The van der Waals surface area contributed by atoms with E-state index in [-0.39, 0.29) is 24.7 Å². The number of hydrogen-bond donors (Lipinski definition) is 0. The van der Waals surface area contributed by atoms with Crippen LogP contribution in [0.2, 0.25) is 0 Å². The zero-order chi connectivity index (χ0) is 15.7. The highest BCUT2D eigenvalue weighted by Gasteiger charge is 2.46. The van der Waals surface area contributed by atoms with E-state index in [9.17, 15) is 9.59 Å². The highest BCUT2D eigenvalue weighted by atomic mass is 16.8. The van der Waals surface area contributed by atoms with Gasteiger partial charge in [0.1, 0.15) is 6.61 Å². The number of benzene rings is 1. The van der Waals surface area contributed by atoms with Crippen molar-refractivity contribution in [1.29, 1.82) is 0 Å². The number of rotatable bonds is 5. The van der Waals surface area contributed by atoms with Gasteiger partial charge in [-0.25, -0.2) is 4.79 Å². The monoisotopic (exact) mass is 307 g/mol. The SMILES string of the molecule is COc1ccc(CN2C(=O)C[C@H]2C2COC(=O)O2)cc1OC. The molecule has 0 aromatic heterocycles. The normalized spacial score (nSPS) is 23.6. The van der Waals surface area contributed by atoms with Gasteiger partial charge in [0.25, 0.3) is 0 Å². The molecule has 0 N–H and O–H groups in total. The third-order valence-electron chi connectivity index (χ3n) is 3.95. The van der Waals surface area contributed by atoms with Crippen molar-refractivity contribution in [3.05, 3.63) is 23.8 Å². The number of carbonyl (C=O) groups is 2. The van der Waals surface area contributed by atoms with E-state index >= 15 is 0 Å². The van der Waals surface area contributed by atoms with Crippen LogP contribution in [0.15, 0.2) is 18.2 Å². The molecule has 118 valence electrons. The van der Waals surface area contributed by atoms with Gasteiger partial charge in [0.15, 0.2) is 17.6 Å². The summed E-state index contributed by atoms with van der Waals surface area (Å²) < 4.78 is 20.3. The number of hydrogen-bond acceptors (Lipinski definition) is 6. The molecular weight excluding hydrogens is 290 g/mol. The molecule has 2 saturated heterocycles. The zero-order valence-corrected chi connectivity index (χ0v) is 12.4. The fraction of sp³-hybridized carbons (Fsp3) is 0.467. The first-order chi connectivity index (χ1) is 10.6. The van der Waals surface area contributed by atoms with Crippen LogP contribution in [0, 0.1) is 0 Å².